The molecular formula is C53H37NO. The summed E-state index contributed by atoms with van der Waals surface area (Å²) in [5.74, 6) is 0. The monoisotopic (exact) mass is 703 g/mol. The number of fused-ring (bicyclic) bond motifs is 8. The standard InChI is InChI=1S/C53H37NO/c1-53(2)48-19-11-10-18-44(48)45-28-26-41(32-49(45)53)54(40-25-24-35-14-6-7-15-38(35)30-40)42-27-29-46-47-31-39-16-8-9-17-43(39)51(52(47)55-50(46)33-42)37-22-20-36(21-23-37)34-12-4-3-5-13-34/h3-33H,1-2H3. The van der Waals surface area contributed by atoms with Crippen molar-refractivity contribution in [1.29, 1.82) is 0 Å². The highest BCUT2D eigenvalue weighted by atomic mass is 16.3. The van der Waals surface area contributed by atoms with Gasteiger partial charge in [0.25, 0.3) is 0 Å². The number of hydrogen-bond donors (Lipinski definition) is 0. The Bertz CT molecular complexity index is 3110. The van der Waals surface area contributed by atoms with Crippen molar-refractivity contribution in [1.82, 2.24) is 0 Å². The van der Waals surface area contributed by atoms with Gasteiger partial charge >= 0.3 is 0 Å². The van der Waals surface area contributed by atoms with Crippen molar-refractivity contribution in [3.63, 3.8) is 0 Å². The summed E-state index contributed by atoms with van der Waals surface area (Å²) in [6.07, 6.45) is 0. The maximum absolute atomic E-state index is 7.02. The van der Waals surface area contributed by atoms with Gasteiger partial charge in [0, 0.05) is 44.9 Å². The van der Waals surface area contributed by atoms with Gasteiger partial charge in [-0.2, -0.15) is 0 Å². The highest BCUT2D eigenvalue weighted by molar-refractivity contribution is 6.18. The largest absolute Gasteiger partial charge is 0.455 e. The maximum atomic E-state index is 7.02. The van der Waals surface area contributed by atoms with E-state index in [4.69, 9.17) is 4.42 Å². The third kappa shape index (κ3) is 4.95. The molecular weight excluding hydrogens is 667 g/mol. The fourth-order valence-corrected chi connectivity index (χ4v) is 9.04. The van der Waals surface area contributed by atoms with E-state index in [1.807, 2.05) is 0 Å². The maximum Gasteiger partial charge on any atom is 0.143 e. The topological polar surface area (TPSA) is 16.4 Å². The Morgan fingerprint density at radius 3 is 1.87 bits per heavy atom. The van der Waals surface area contributed by atoms with Gasteiger partial charge in [0.2, 0.25) is 0 Å². The van der Waals surface area contributed by atoms with E-state index in [1.54, 1.807) is 0 Å². The highest BCUT2D eigenvalue weighted by Gasteiger charge is 2.35. The molecule has 1 aliphatic carbocycles. The van der Waals surface area contributed by atoms with Crippen LogP contribution in [0.4, 0.5) is 17.1 Å². The van der Waals surface area contributed by atoms with Crippen molar-refractivity contribution in [3.8, 4) is 33.4 Å². The third-order valence-corrected chi connectivity index (χ3v) is 11.8. The van der Waals surface area contributed by atoms with Crippen LogP contribution in [0.5, 0.6) is 0 Å². The van der Waals surface area contributed by atoms with E-state index < -0.39 is 0 Å². The minimum atomic E-state index is -0.114. The van der Waals surface area contributed by atoms with Gasteiger partial charge in [0.15, 0.2) is 0 Å². The molecule has 0 unspecified atom stereocenters. The van der Waals surface area contributed by atoms with Gasteiger partial charge in [-0.3, -0.25) is 0 Å². The van der Waals surface area contributed by atoms with Crippen molar-refractivity contribution >= 4 is 60.5 Å². The fourth-order valence-electron chi connectivity index (χ4n) is 9.04. The lowest BCUT2D eigenvalue weighted by Crippen LogP contribution is -2.16. The van der Waals surface area contributed by atoms with E-state index in [9.17, 15) is 0 Å². The second-order valence-electron chi connectivity index (χ2n) is 15.3. The zero-order chi connectivity index (χ0) is 36.7. The fraction of sp³-hybridized carbons (Fsp3) is 0.0566. The molecule has 9 aromatic carbocycles. The smallest absolute Gasteiger partial charge is 0.143 e. The summed E-state index contributed by atoms with van der Waals surface area (Å²) in [5.41, 5.74) is 15.0. The van der Waals surface area contributed by atoms with E-state index in [0.29, 0.717) is 0 Å². The number of benzene rings is 9. The van der Waals surface area contributed by atoms with Crippen LogP contribution in [-0.2, 0) is 5.41 Å². The van der Waals surface area contributed by atoms with Crippen LogP contribution in [0.2, 0.25) is 0 Å². The number of hydrogen-bond acceptors (Lipinski definition) is 2. The van der Waals surface area contributed by atoms with Gasteiger partial charge in [-0.25, -0.2) is 0 Å². The van der Waals surface area contributed by atoms with E-state index in [2.05, 4.69) is 207 Å². The molecule has 1 aliphatic rings. The van der Waals surface area contributed by atoms with Gasteiger partial charge in [-0.15, -0.1) is 0 Å². The molecule has 55 heavy (non-hydrogen) atoms. The summed E-state index contributed by atoms with van der Waals surface area (Å²) in [4.78, 5) is 2.39. The van der Waals surface area contributed by atoms with Crippen LogP contribution in [-0.4, -0.2) is 0 Å². The van der Waals surface area contributed by atoms with Crippen LogP contribution in [0.3, 0.4) is 0 Å². The Labute approximate surface area is 320 Å². The number of furan rings is 1. The van der Waals surface area contributed by atoms with E-state index in [-0.39, 0.29) is 5.41 Å². The lowest BCUT2D eigenvalue weighted by atomic mass is 9.82. The summed E-state index contributed by atoms with van der Waals surface area (Å²) >= 11 is 0. The molecule has 0 spiro atoms. The van der Waals surface area contributed by atoms with Crippen LogP contribution in [0.15, 0.2) is 192 Å². The molecule has 1 aromatic heterocycles. The molecule has 11 rings (SSSR count). The number of anilines is 3. The molecule has 0 aliphatic heterocycles. The highest BCUT2D eigenvalue weighted by Crippen LogP contribution is 2.51. The first-order valence-corrected chi connectivity index (χ1v) is 19.1. The zero-order valence-electron chi connectivity index (χ0n) is 30.8. The lowest BCUT2D eigenvalue weighted by Gasteiger charge is -2.28. The van der Waals surface area contributed by atoms with Gasteiger partial charge in [0.05, 0.1) is 0 Å². The molecule has 0 radical (unpaired) electrons. The molecule has 0 bridgehead atoms. The first-order chi connectivity index (χ1) is 27.0. The molecule has 0 saturated carbocycles. The summed E-state index contributed by atoms with van der Waals surface area (Å²) in [6, 6.07) is 68.3. The van der Waals surface area contributed by atoms with Crippen molar-refractivity contribution in [3.05, 3.63) is 199 Å². The SMILES string of the molecule is CC1(C)c2ccccc2-c2ccc(N(c3ccc4ccccc4c3)c3ccc4c(c3)oc3c(-c5ccc(-c6ccccc6)cc5)c5ccccc5cc34)cc21. The molecule has 10 aromatic rings. The average molecular weight is 704 g/mol. The summed E-state index contributed by atoms with van der Waals surface area (Å²) in [5, 5.41) is 7.04. The van der Waals surface area contributed by atoms with Gasteiger partial charge in [0.1, 0.15) is 11.2 Å². The van der Waals surface area contributed by atoms with E-state index >= 15 is 0 Å². The van der Waals surface area contributed by atoms with Crippen molar-refractivity contribution in [2.24, 2.45) is 0 Å². The molecule has 2 nitrogen and oxygen atoms in total. The van der Waals surface area contributed by atoms with E-state index in [1.165, 1.54) is 54.9 Å². The Morgan fingerprint density at radius 2 is 1.02 bits per heavy atom. The van der Waals surface area contributed by atoms with Crippen LogP contribution >= 0.6 is 0 Å². The van der Waals surface area contributed by atoms with Crippen LogP contribution < -0.4 is 4.90 Å². The first-order valence-electron chi connectivity index (χ1n) is 19.1. The van der Waals surface area contributed by atoms with Crippen LogP contribution in [0.1, 0.15) is 25.0 Å². The number of rotatable bonds is 5. The molecule has 1 heterocycles. The summed E-state index contributed by atoms with van der Waals surface area (Å²) in [7, 11) is 0. The Morgan fingerprint density at radius 1 is 0.400 bits per heavy atom. The van der Waals surface area contributed by atoms with Crippen molar-refractivity contribution in [2.45, 2.75) is 19.3 Å². The minimum Gasteiger partial charge on any atom is -0.455 e. The molecule has 260 valence electrons. The quantitative estimate of drug-likeness (QED) is 0.177. The van der Waals surface area contributed by atoms with Gasteiger partial charge < -0.3 is 9.32 Å². The second kappa shape index (κ2) is 12.1. The lowest BCUT2D eigenvalue weighted by molar-refractivity contribution is 0.660. The predicted molar refractivity (Wildman–Crippen MR) is 232 cm³/mol. The Hall–Kier alpha value is -6.90. The molecule has 0 saturated heterocycles. The van der Waals surface area contributed by atoms with E-state index in [0.717, 1.165) is 50.1 Å². The van der Waals surface area contributed by atoms with Crippen molar-refractivity contribution in [2.75, 3.05) is 4.90 Å². The van der Waals surface area contributed by atoms with Crippen LogP contribution in [0, 0.1) is 0 Å². The van der Waals surface area contributed by atoms with Gasteiger partial charge in [-0.1, -0.05) is 153 Å². The number of nitrogens with zero attached hydrogens (tertiary/aromatic N) is 1. The molecule has 0 atom stereocenters. The Balaban J connectivity index is 1.10. The molecule has 2 heteroatoms. The van der Waals surface area contributed by atoms with Crippen molar-refractivity contribution < 1.29 is 4.42 Å². The zero-order valence-corrected chi connectivity index (χ0v) is 30.8. The summed E-state index contributed by atoms with van der Waals surface area (Å²) < 4.78 is 7.02. The second-order valence-corrected chi connectivity index (χ2v) is 15.3. The average Bonchev–Trinajstić information content (AvgIpc) is 3.71. The normalized spacial score (nSPS) is 13.1. The Kier molecular flexibility index (Phi) is 6.93. The predicted octanol–water partition coefficient (Wildman–Crippen LogP) is 15.0. The molecule has 0 amide bonds. The minimum absolute atomic E-state index is 0.114. The van der Waals surface area contributed by atoms with Gasteiger partial charge in [-0.05, 0) is 103 Å². The third-order valence-electron chi connectivity index (χ3n) is 11.8. The van der Waals surface area contributed by atoms with Crippen LogP contribution in [0.25, 0.3) is 76.9 Å². The molecule has 0 N–H and O–H groups in total. The summed E-state index contributed by atoms with van der Waals surface area (Å²) in [6.45, 7) is 4.69. The first kappa shape index (κ1) is 31.6. The molecule has 0 fully saturated rings.